The highest BCUT2D eigenvalue weighted by atomic mass is 19.1. The Morgan fingerprint density at radius 2 is 2.36 bits per heavy atom. The zero-order valence-electron chi connectivity index (χ0n) is 7.66. The van der Waals surface area contributed by atoms with E-state index in [1.54, 1.807) is 23.9 Å². The third-order valence-corrected chi connectivity index (χ3v) is 2.25. The van der Waals surface area contributed by atoms with Gasteiger partial charge in [0.2, 0.25) is 0 Å². The standard InChI is InChI=1S/C10H8FN3/c1-7-8-6-13-14(5-4-12)10(8)3-2-9(7)11/h2-3,6H,5H2,1H3. The third kappa shape index (κ3) is 1.14. The van der Waals surface area contributed by atoms with E-state index in [9.17, 15) is 4.39 Å². The molecule has 1 heterocycles. The summed E-state index contributed by atoms with van der Waals surface area (Å²) < 4.78 is 14.7. The van der Waals surface area contributed by atoms with Gasteiger partial charge in [0, 0.05) is 5.39 Å². The fourth-order valence-electron chi connectivity index (χ4n) is 1.46. The molecule has 2 aromatic rings. The van der Waals surface area contributed by atoms with Gasteiger partial charge in [-0.2, -0.15) is 10.4 Å². The van der Waals surface area contributed by atoms with Crippen molar-refractivity contribution >= 4 is 10.9 Å². The van der Waals surface area contributed by atoms with Crippen LogP contribution in [0, 0.1) is 24.1 Å². The second kappa shape index (κ2) is 3.11. The highest BCUT2D eigenvalue weighted by Crippen LogP contribution is 2.20. The molecular weight excluding hydrogens is 181 g/mol. The smallest absolute Gasteiger partial charge is 0.128 e. The van der Waals surface area contributed by atoms with Gasteiger partial charge in [0.25, 0.3) is 0 Å². The summed E-state index contributed by atoms with van der Waals surface area (Å²) in [5.74, 6) is -0.242. The van der Waals surface area contributed by atoms with Gasteiger partial charge < -0.3 is 0 Å². The second-order valence-corrected chi connectivity index (χ2v) is 3.07. The molecule has 0 N–H and O–H groups in total. The lowest BCUT2D eigenvalue weighted by molar-refractivity contribution is 0.620. The van der Waals surface area contributed by atoms with Gasteiger partial charge in [0.15, 0.2) is 0 Å². The Hall–Kier alpha value is -1.89. The van der Waals surface area contributed by atoms with Crippen LogP contribution >= 0.6 is 0 Å². The maximum absolute atomic E-state index is 13.1. The molecule has 0 fully saturated rings. The highest BCUT2D eigenvalue weighted by molar-refractivity contribution is 5.82. The molecule has 0 bridgehead atoms. The molecule has 0 unspecified atom stereocenters. The van der Waals surface area contributed by atoms with Crippen LogP contribution in [0.1, 0.15) is 5.56 Å². The monoisotopic (exact) mass is 189 g/mol. The molecule has 0 amide bonds. The summed E-state index contributed by atoms with van der Waals surface area (Å²) in [5.41, 5.74) is 1.37. The quantitative estimate of drug-likeness (QED) is 0.688. The number of hydrogen-bond donors (Lipinski definition) is 0. The summed E-state index contributed by atoms with van der Waals surface area (Å²) in [5, 5.41) is 13.3. The van der Waals surface area contributed by atoms with E-state index >= 15 is 0 Å². The Morgan fingerprint density at radius 3 is 3.07 bits per heavy atom. The minimum Gasteiger partial charge on any atom is -0.251 e. The molecule has 0 aliphatic heterocycles. The van der Waals surface area contributed by atoms with E-state index in [0.717, 1.165) is 10.9 Å². The van der Waals surface area contributed by atoms with Gasteiger partial charge in [-0.15, -0.1) is 0 Å². The lowest BCUT2D eigenvalue weighted by Gasteiger charge is -1.99. The van der Waals surface area contributed by atoms with Crippen molar-refractivity contribution in [3.63, 3.8) is 0 Å². The average Bonchev–Trinajstić information content (AvgIpc) is 2.57. The first-order valence-corrected chi connectivity index (χ1v) is 4.21. The van der Waals surface area contributed by atoms with Crippen molar-refractivity contribution in [3.8, 4) is 6.07 Å². The molecule has 3 nitrogen and oxygen atoms in total. The summed E-state index contributed by atoms with van der Waals surface area (Å²) in [7, 11) is 0. The van der Waals surface area contributed by atoms with Crippen LogP contribution in [0.25, 0.3) is 10.9 Å². The number of aryl methyl sites for hydroxylation is 1. The van der Waals surface area contributed by atoms with Crippen LogP contribution in [0.15, 0.2) is 18.3 Å². The van der Waals surface area contributed by atoms with Crippen molar-refractivity contribution in [2.45, 2.75) is 13.5 Å². The number of nitrogens with zero attached hydrogens (tertiary/aromatic N) is 3. The zero-order valence-corrected chi connectivity index (χ0v) is 7.66. The fourth-order valence-corrected chi connectivity index (χ4v) is 1.46. The molecule has 0 atom stereocenters. The molecule has 4 heteroatoms. The van der Waals surface area contributed by atoms with Crippen molar-refractivity contribution in [1.29, 1.82) is 5.26 Å². The Labute approximate surface area is 80.4 Å². The topological polar surface area (TPSA) is 41.6 Å². The van der Waals surface area contributed by atoms with Crippen molar-refractivity contribution in [2.24, 2.45) is 0 Å². The van der Waals surface area contributed by atoms with Crippen molar-refractivity contribution < 1.29 is 4.39 Å². The molecular formula is C10H8FN3. The maximum atomic E-state index is 13.1. The average molecular weight is 189 g/mol. The third-order valence-electron chi connectivity index (χ3n) is 2.25. The summed E-state index contributed by atoms with van der Waals surface area (Å²) in [6.45, 7) is 1.89. The van der Waals surface area contributed by atoms with Crippen molar-refractivity contribution in [1.82, 2.24) is 9.78 Å². The normalized spacial score (nSPS) is 10.4. The lowest BCUT2D eigenvalue weighted by atomic mass is 10.1. The summed E-state index contributed by atoms with van der Waals surface area (Å²) in [6, 6.07) is 5.04. The number of halogens is 1. The van der Waals surface area contributed by atoms with E-state index in [-0.39, 0.29) is 12.4 Å². The minimum atomic E-state index is -0.242. The van der Waals surface area contributed by atoms with Gasteiger partial charge in [-0.25, -0.2) is 4.39 Å². The van der Waals surface area contributed by atoms with Crippen molar-refractivity contribution in [3.05, 3.63) is 29.7 Å². The van der Waals surface area contributed by atoms with E-state index in [4.69, 9.17) is 5.26 Å². The fraction of sp³-hybridized carbons (Fsp3) is 0.200. The summed E-state index contributed by atoms with van der Waals surface area (Å²) in [6.07, 6.45) is 1.59. The van der Waals surface area contributed by atoms with Gasteiger partial charge in [-0.1, -0.05) is 0 Å². The van der Waals surface area contributed by atoms with Crippen LogP contribution in [0.4, 0.5) is 4.39 Å². The number of benzene rings is 1. The van der Waals surface area contributed by atoms with Gasteiger partial charge in [-0.05, 0) is 24.6 Å². The number of rotatable bonds is 1. The van der Waals surface area contributed by atoms with Crippen LogP contribution in [-0.2, 0) is 6.54 Å². The molecule has 0 radical (unpaired) electrons. The number of aromatic nitrogens is 2. The Balaban J connectivity index is 2.72. The molecule has 1 aromatic carbocycles. The van der Waals surface area contributed by atoms with Crippen molar-refractivity contribution in [2.75, 3.05) is 0 Å². The SMILES string of the molecule is Cc1c(F)ccc2c1cnn2CC#N. The Morgan fingerprint density at radius 1 is 1.57 bits per heavy atom. The molecule has 70 valence electrons. The van der Waals surface area contributed by atoms with E-state index < -0.39 is 0 Å². The van der Waals surface area contributed by atoms with Crippen LogP contribution in [0.3, 0.4) is 0 Å². The van der Waals surface area contributed by atoms with Gasteiger partial charge in [-0.3, -0.25) is 4.68 Å². The lowest BCUT2D eigenvalue weighted by Crippen LogP contribution is -1.97. The number of fused-ring (bicyclic) bond motifs is 1. The Bertz CT molecular complexity index is 522. The van der Waals surface area contributed by atoms with E-state index in [1.807, 2.05) is 6.07 Å². The van der Waals surface area contributed by atoms with Gasteiger partial charge in [0.05, 0.1) is 17.8 Å². The first-order chi connectivity index (χ1) is 6.74. The Kier molecular flexibility index (Phi) is 1.93. The second-order valence-electron chi connectivity index (χ2n) is 3.07. The number of nitriles is 1. The molecule has 0 saturated carbocycles. The first-order valence-electron chi connectivity index (χ1n) is 4.21. The van der Waals surface area contributed by atoms with Gasteiger partial charge >= 0.3 is 0 Å². The van der Waals surface area contributed by atoms with Crippen LogP contribution in [0.5, 0.6) is 0 Å². The van der Waals surface area contributed by atoms with Crippen LogP contribution in [0.2, 0.25) is 0 Å². The predicted octanol–water partition coefficient (Wildman–Crippen LogP) is 2.01. The number of hydrogen-bond acceptors (Lipinski definition) is 2. The maximum Gasteiger partial charge on any atom is 0.128 e. The largest absolute Gasteiger partial charge is 0.251 e. The molecule has 0 saturated heterocycles. The molecule has 0 spiro atoms. The minimum absolute atomic E-state index is 0.189. The predicted molar refractivity (Wildman–Crippen MR) is 50.0 cm³/mol. The van der Waals surface area contributed by atoms with Gasteiger partial charge in [0.1, 0.15) is 12.4 Å². The molecule has 2 rings (SSSR count). The molecule has 1 aromatic heterocycles. The highest BCUT2D eigenvalue weighted by Gasteiger charge is 2.07. The summed E-state index contributed by atoms with van der Waals surface area (Å²) >= 11 is 0. The molecule has 0 aliphatic carbocycles. The van der Waals surface area contributed by atoms with E-state index in [0.29, 0.717) is 5.56 Å². The van der Waals surface area contributed by atoms with E-state index in [1.165, 1.54) is 6.07 Å². The van der Waals surface area contributed by atoms with E-state index in [2.05, 4.69) is 5.10 Å². The zero-order chi connectivity index (χ0) is 10.1. The van der Waals surface area contributed by atoms with Crippen LogP contribution in [-0.4, -0.2) is 9.78 Å². The molecule has 14 heavy (non-hydrogen) atoms. The molecule has 0 aliphatic rings. The first kappa shape index (κ1) is 8.70. The summed E-state index contributed by atoms with van der Waals surface area (Å²) in [4.78, 5) is 0. The van der Waals surface area contributed by atoms with Crippen LogP contribution < -0.4 is 0 Å².